The van der Waals surface area contributed by atoms with Crippen molar-refractivity contribution in [1.82, 2.24) is 15.1 Å². The van der Waals surface area contributed by atoms with E-state index in [1.54, 1.807) is 35.0 Å². The number of para-hydroxylation sites is 1. The lowest BCUT2D eigenvalue weighted by molar-refractivity contribution is -0.131. The van der Waals surface area contributed by atoms with Crippen LogP contribution in [0.3, 0.4) is 0 Å². The molecule has 154 valence electrons. The summed E-state index contributed by atoms with van der Waals surface area (Å²) in [5, 5.41) is 3.11. The standard InChI is InChI=1S/C18H28F2N4O2.HI/c1-5-21-18(23(4)13-16(25)24(6-2)7-3)22-12-14-10-8-9-11-15(14)26-17(19)20;/h8-11,17H,5-7,12-13H2,1-4H3,(H,21,22);1H. The van der Waals surface area contributed by atoms with E-state index in [9.17, 15) is 13.6 Å². The van der Waals surface area contributed by atoms with Gasteiger partial charge in [-0.15, -0.1) is 24.0 Å². The number of hydrogen-bond acceptors (Lipinski definition) is 3. The van der Waals surface area contributed by atoms with E-state index in [-0.39, 0.29) is 48.7 Å². The summed E-state index contributed by atoms with van der Waals surface area (Å²) in [5.41, 5.74) is 0.548. The monoisotopic (exact) mass is 498 g/mol. The molecule has 1 N–H and O–H groups in total. The minimum Gasteiger partial charge on any atom is -0.434 e. The van der Waals surface area contributed by atoms with Gasteiger partial charge < -0.3 is 19.9 Å². The van der Waals surface area contributed by atoms with Crippen LogP contribution in [0.25, 0.3) is 0 Å². The Morgan fingerprint density at radius 3 is 2.41 bits per heavy atom. The Morgan fingerprint density at radius 2 is 1.85 bits per heavy atom. The number of alkyl halides is 2. The molecule has 0 aromatic heterocycles. The first-order chi connectivity index (χ1) is 12.4. The number of aliphatic imine (C=N–C) groups is 1. The number of carbonyl (C=O) groups is 1. The SMILES string of the molecule is CCNC(=NCc1ccccc1OC(F)F)N(C)CC(=O)N(CC)CC.I. The summed E-state index contributed by atoms with van der Waals surface area (Å²) in [6, 6.07) is 6.54. The Kier molecular flexibility index (Phi) is 12.7. The smallest absolute Gasteiger partial charge is 0.387 e. The van der Waals surface area contributed by atoms with E-state index >= 15 is 0 Å². The molecule has 0 radical (unpaired) electrons. The van der Waals surface area contributed by atoms with Crippen LogP contribution in [0.4, 0.5) is 8.78 Å². The number of halogens is 3. The largest absolute Gasteiger partial charge is 0.434 e. The highest BCUT2D eigenvalue weighted by molar-refractivity contribution is 14.0. The number of ether oxygens (including phenoxy) is 1. The molecule has 1 amide bonds. The summed E-state index contributed by atoms with van der Waals surface area (Å²) in [5.74, 6) is 0.633. The average molecular weight is 498 g/mol. The van der Waals surface area contributed by atoms with E-state index in [1.165, 1.54) is 6.07 Å². The van der Waals surface area contributed by atoms with Crippen molar-refractivity contribution in [2.45, 2.75) is 33.9 Å². The highest BCUT2D eigenvalue weighted by Gasteiger charge is 2.15. The lowest BCUT2D eigenvalue weighted by Gasteiger charge is -2.25. The molecule has 0 heterocycles. The van der Waals surface area contributed by atoms with Crippen LogP contribution >= 0.6 is 24.0 Å². The molecule has 0 unspecified atom stereocenters. The van der Waals surface area contributed by atoms with Crippen molar-refractivity contribution in [2.75, 3.05) is 33.2 Å². The summed E-state index contributed by atoms with van der Waals surface area (Å²) in [4.78, 5) is 20.2. The lowest BCUT2D eigenvalue weighted by atomic mass is 10.2. The van der Waals surface area contributed by atoms with E-state index in [0.29, 0.717) is 31.2 Å². The van der Waals surface area contributed by atoms with Gasteiger partial charge in [-0.25, -0.2) is 4.99 Å². The molecule has 1 aromatic rings. The highest BCUT2D eigenvalue weighted by atomic mass is 127. The van der Waals surface area contributed by atoms with Crippen LogP contribution in [-0.2, 0) is 11.3 Å². The Balaban J connectivity index is 0.00000676. The van der Waals surface area contributed by atoms with Crippen molar-refractivity contribution in [1.29, 1.82) is 0 Å². The van der Waals surface area contributed by atoms with Crippen LogP contribution < -0.4 is 10.1 Å². The number of likely N-dealkylation sites (N-methyl/N-ethyl adjacent to an activating group) is 2. The molecule has 9 heteroatoms. The number of nitrogens with one attached hydrogen (secondary N) is 1. The Bertz CT molecular complexity index is 598. The van der Waals surface area contributed by atoms with Crippen molar-refractivity contribution >= 4 is 35.8 Å². The van der Waals surface area contributed by atoms with Crippen molar-refractivity contribution in [2.24, 2.45) is 4.99 Å². The minimum atomic E-state index is -2.89. The molecule has 0 aliphatic rings. The second kappa shape index (κ2) is 13.5. The molecule has 0 bridgehead atoms. The van der Waals surface area contributed by atoms with Crippen LogP contribution in [0.15, 0.2) is 29.3 Å². The molecule has 0 saturated heterocycles. The third-order valence-corrected chi connectivity index (χ3v) is 3.77. The van der Waals surface area contributed by atoms with Gasteiger partial charge in [0.15, 0.2) is 5.96 Å². The summed E-state index contributed by atoms with van der Waals surface area (Å²) in [6.07, 6.45) is 0. The van der Waals surface area contributed by atoms with E-state index in [4.69, 9.17) is 0 Å². The predicted molar refractivity (Wildman–Crippen MR) is 114 cm³/mol. The molecular weight excluding hydrogens is 469 g/mol. The highest BCUT2D eigenvalue weighted by Crippen LogP contribution is 2.21. The Morgan fingerprint density at radius 1 is 1.22 bits per heavy atom. The number of guanidine groups is 1. The number of nitrogens with zero attached hydrogens (tertiary/aromatic N) is 3. The molecule has 0 spiro atoms. The zero-order valence-electron chi connectivity index (χ0n) is 16.2. The summed E-state index contributed by atoms with van der Waals surface area (Å²) < 4.78 is 29.6. The maximum atomic E-state index is 12.5. The van der Waals surface area contributed by atoms with Crippen molar-refractivity contribution in [3.05, 3.63) is 29.8 Å². The number of rotatable bonds is 9. The second-order valence-electron chi connectivity index (χ2n) is 5.58. The van der Waals surface area contributed by atoms with E-state index in [2.05, 4.69) is 15.0 Å². The zero-order valence-corrected chi connectivity index (χ0v) is 18.6. The summed E-state index contributed by atoms with van der Waals surface area (Å²) in [7, 11) is 1.77. The zero-order chi connectivity index (χ0) is 19.5. The van der Waals surface area contributed by atoms with Crippen molar-refractivity contribution < 1.29 is 18.3 Å². The van der Waals surface area contributed by atoms with Gasteiger partial charge in [0, 0.05) is 32.2 Å². The Hall–Kier alpha value is -1.65. The molecule has 27 heavy (non-hydrogen) atoms. The predicted octanol–water partition coefficient (Wildman–Crippen LogP) is 3.17. The first-order valence-electron chi connectivity index (χ1n) is 8.72. The van der Waals surface area contributed by atoms with Gasteiger partial charge in [-0.1, -0.05) is 18.2 Å². The fraction of sp³-hybridized carbons (Fsp3) is 0.556. The van der Waals surface area contributed by atoms with Gasteiger partial charge in [-0.05, 0) is 26.8 Å². The van der Waals surface area contributed by atoms with Gasteiger partial charge >= 0.3 is 6.61 Å². The van der Waals surface area contributed by atoms with Gasteiger partial charge in [0.05, 0.1) is 13.1 Å². The van der Waals surface area contributed by atoms with Gasteiger partial charge in [0.1, 0.15) is 5.75 Å². The fourth-order valence-corrected chi connectivity index (χ4v) is 2.43. The van der Waals surface area contributed by atoms with Crippen LogP contribution in [0.1, 0.15) is 26.3 Å². The molecule has 1 aromatic carbocycles. The second-order valence-corrected chi connectivity index (χ2v) is 5.58. The van der Waals surface area contributed by atoms with Gasteiger partial charge in [-0.3, -0.25) is 4.79 Å². The normalized spacial score (nSPS) is 11.0. The summed E-state index contributed by atoms with van der Waals surface area (Å²) >= 11 is 0. The molecule has 1 rings (SSSR count). The number of hydrogen-bond donors (Lipinski definition) is 1. The first-order valence-corrected chi connectivity index (χ1v) is 8.72. The van der Waals surface area contributed by atoms with E-state index in [0.717, 1.165) is 0 Å². The molecule has 6 nitrogen and oxygen atoms in total. The maximum Gasteiger partial charge on any atom is 0.387 e. The molecular formula is C18H29F2IN4O2. The quantitative estimate of drug-likeness (QED) is 0.323. The van der Waals surface area contributed by atoms with E-state index in [1.807, 2.05) is 20.8 Å². The molecule has 0 aliphatic heterocycles. The van der Waals surface area contributed by atoms with Crippen molar-refractivity contribution in [3.63, 3.8) is 0 Å². The summed E-state index contributed by atoms with van der Waals surface area (Å²) in [6.45, 7) is 5.16. The van der Waals surface area contributed by atoms with Crippen molar-refractivity contribution in [3.8, 4) is 5.75 Å². The minimum absolute atomic E-state index is 0. The first kappa shape index (κ1) is 25.4. The van der Waals surface area contributed by atoms with Crippen LogP contribution in [-0.4, -0.2) is 61.5 Å². The Labute approximate surface area is 177 Å². The topological polar surface area (TPSA) is 57.2 Å². The number of carbonyl (C=O) groups excluding carboxylic acids is 1. The molecule has 0 saturated carbocycles. The maximum absolute atomic E-state index is 12.5. The van der Waals surface area contributed by atoms with E-state index < -0.39 is 6.61 Å². The van der Waals surface area contributed by atoms with Gasteiger partial charge in [-0.2, -0.15) is 8.78 Å². The number of benzene rings is 1. The van der Waals surface area contributed by atoms with Gasteiger partial charge in [0.25, 0.3) is 0 Å². The van der Waals surface area contributed by atoms with Crippen LogP contribution in [0, 0.1) is 0 Å². The van der Waals surface area contributed by atoms with Crippen LogP contribution in [0.2, 0.25) is 0 Å². The van der Waals surface area contributed by atoms with Crippen LogP contribution in [0.5, 0.6) is 5.75 Å². The molecule has 0 fully saturated rings. The third kappa shape index (κ3) is 8.72. The molecule has 0 atom stereocenters. The molecule has 0 aliphatic carbocycles. The fourth-order valence-electron chi connectivity index (χ4n) is 2.43. The lowest BCUT2D eigenvalue weighted by Crippen LogP contribution is -2.45. The number of amides is 1. The third-order valence-electron chi connectivity index (χ3n) is 3.77. The van der Waals surface area contributed by atoms with Gasteiger partial charge in [0.2, 0.25) is 5.91 Å². The average Bonchev–Trinajstić information content (AvgIpc) is 2.60.